The number of nitrogens with two attached hydrogens (primary N) is 1. The molecule has 3 N–H and O–H groups in total. The van der Waals surface area contributed by atoms with Crippen molar-refractivity contribution < 1.29 is 9.90 Å². The van der Waals surface area contributed by atoms with E-state index in [9.17, 15) is 4.79 Å². The maximum atomic E-state index is 10.8. The Morgan fingerprint density at radius 3 is 2.69 bits per heavy atom. The van der Waals surface area contributed by atoms with E-state index < -0.39 is 5.97 Å². The van der Waals surface area contributed by atoms with Gasteiger partial charge in [0.15, 0.2) is 0 Å². The molecule has 16 heavy (non-hydrogen) atoms. The standard InChI is InChI=1S/C9H8N2O2S.2ClH/c10-4-7-11-8-5(9(12)13)2-1-3-6(8)14-7;;/h1-3H,4,10H2,(H,12,13);2*1H. The fraction of sp³-hybridized carbons (Fsp3) is 0.111. The van der Waals surface area contributed by atoms with Gasteiger partial charge in [0.05, 0.1) is 15.8 Å². The van der Waals surface area contributed by atoms with Crippen LogP contribution in [0.4, 0.5) is 0 Å². The second-order valence-corrected chi connectivity index (χ2v) is 3.88. The molecular formula is C9H10Cl2N2O2S. The van der Waals surface area contributed by atoms with Crippen molar-refractivity contribution in [1.29, 1.82) is 0 Å². The molecule has 0 aliphatic carbocycles. The van der Waals surface area contributed by atoms with Crippen LogP contribution in [0.3, 0.4) is 0 Å². The van der Waals surface area contributed by atoms with Crippen LogP contribution < -0.4 is 5.73 Å². The Labute approximate surface area is 108 Å². The van der Waals surface area contributed by atoms with E-state index in [1.165, 1.54) is 11.3 Å². The van der Waals surface area contributed by atoms with E-state index in [2.05, 4.69) is 4.98 Å². The van der Waals surface area contributed by atoms with E-state index in [1.807, 2.05) is 6.07 Å². The molecule has 0 unspecified atom stereocenters. The summed E-state index contributed by atoms with van der Waals surface area (Å²) in [6.45, 7) is 0.346. The molecule has 0 aliphatic heterocycles. The third-order valence-corrected chi connectivity index (χ3v) is 2.91. The molecule has 0 atom stereocenters. The molecule has 0 aliphatic rings. The molecule has 2 rings (SSSR count). The number of thiazole rings is 1. The number of hydrogen-bond acceptors (Lipinski definition) is 4. The Morgan fingerprint density at radius 2 is 2.12 bits per heavy atom. The summed E-state index contributed by atoms with van der Waals surface area (Å²) in [5.74, 6) is -0.954. The topological polar surface area (TPSA) is 76.2 Å². The Kier molecular flexibility index (Phi) is 5.67. The predicted octanol–water partition coefficient (Wildman–Crippen LogP) is 2.30. The van der Waals surface area contributed by atoms with E-state index in [0.717, 1.165) is 9.71 Å². The van der Waals surface area contributed by atoms with Crippen molar-refractivity contribution in [3.63, 3.8) is 0 Å². The van der Waals surface area contributed by atoms with Crippen LogP contribution in [0.1, 0.15) is 15.4 Å². The summed E-state index contributed by atoms with van der Waals surface area (Å²) in [5.41, 5.74) is 6.21. The summed E-state index contributed by atoms with van der Waals surface area (Å²) in [7, 11) is 0. The first-order valence-corrected chi connectivity index (χ1v) is 4.86. The summed E-state index contributed by atoms with van der Waals surface area (Å²) in [6.07, 6.45) is 0. The van der Waals surface area contributed by atoms with Crippen LogP contribution in [-0.4, -0.2) is 16.1 Å². The summed E-state index contributed by atoms with van der Waals surface area (Å²) < 4.78 is 0.866. The largest absolute Gasteiger partial charge is 0.478 e. The third kappa shape index (κ3) is 2.62. The number of nitrogens with zero attached hydrogens (tertiary/aromatic N) is 1. The molecule has 0 bridgehead atoms. The molecule has 4 nitrogen and oxygen atoms in total. The minimum absolute atomic E-state index is 0. The lowest BCUT2D eigenvalue weighted by Gasteiger charge is -1.93. The zero-order valence-electron chi connectivity index (χ0n) is 8.04. The van der Waals surface area contributed by atoms with Gasteiger partial charge < -0.3 is 10.8 Å². The number of aromatic carboxylic acids is 1. The molecule has 0 amide bonds. The van der Waals surface area contributed by atoms with Gasteiger partial charge in [0, 0.05) is 6.54 Å². The highest BCUT2D eigenvalue weighted by atomic mass is 35.5. The smallest absolute Gasteiger partial charge is 0.337 e. The van der Waals surface area contributed by atoms with Gasteiger partial charge in [-0.1, -0.05) is 6.07 Å². The van der Waals surface area contributed by atoms with Gasteiger partial charge in [-0.15, -0.1) is 36.2 Å². The number of carboxylic acid groups (broad SMARTS) is 1. The van der Waals surface area contributed by atoms with E-state index in [4.69, 9.17) is 10.8 Å². The van der Waals surface area contributed by atoms with Crippen molar-refractivity contribution in [1.82, 2.24) is 4.98 Å². The summed E-state index contributed by atoms with van der Waals surface area (Å²) in [5, 5.41) is 9.66. The van der Waals surface area contributed by atoms with Gasteiger partial charge >= 0.3 is 5.97 Å². The first kappa shape index (κ1) is 15.1. The van der Waals surface area contributed by atoms with Crippen LogP contribution in [0.5, 0.6) is 0 Å². The van der Waals surface area contributed by atoms with Gasteiger partial charge in [-0.25, -0.2) is 9.78 Å². The number of carbonyl (C=O) groups is 1. The SMILES string of the molecule is Cl.Cl.NCc1nc2c(C(=O)O)cccc2s1. The fourth-order valence-electron chi connectivity index (χ4n) is 1.25. The molecule has 0 saturated carbocycles. The molecular weight excluding hydrogens is 271 g/mol. The lowest BCUT2D eigenvalue weighted by Crippen LogP contribution is -1.98. The number of para-hydroxylation sites is 1. The number of carboxylic acids is 1. The predicted molar refractivity (Wildman–Crippen MR) is 69.0 cm³/mol. The average Bonchev–Trinajstić information content (AvgIpc) is 2.59. The van der Waals surface area contributed by atoms with E-state index in [0.29, 0.717) is 12.1 Å². The molecule has 1 aromatic carbocycles. The van der Waals surface area contributed by atoms with Crippen molar-refractivity contribution in [2.45, 2.75) is 6.54 Å². The normalized spacial score (nSPS) is 9.31. The number of hydrogen-bond donors (Lipinski definition) is 2. The molecule has 0 spiro atoms. The molecule has 2 aromatic rings. The van der Waals surface area contributed by atoms with Crippen molar-refractivity contribution >= 4 is 52.3 Å². The molecule has 1 heterocycles. The summed E-state index contributed by atoms with van der Waals surface area (Å²) >= 11 is 1.43. The maximum absolute atomic E-state index is 10.8. The van der Waals surface area contributed by atoms with Crippen LogP contribution in [0.2, 0.25) is 0 Å². The van der Waals surface area contributed by atoms with Gasteiger partial charge in [0.2, 0.25) is 0 Å². The van der Waals surface area contributed by atoms with Crippen LogP contribution in [0, 0.1) is 0 Å². The summed E-state index contributed by atoms with van der Waals surface area (Å²) in [6, 6.07) is 5.10. The van der Waals surface area contributed by atoms with Crippen molar-refractivity contribution in [2.75, 3.05) is 0 Å². The third-order valence-electron chi connectivity index (χ3n) is 1.87. The maximum Gasteiger partial charge on any atom is 0.337 e. The van der Waals surface area contributed by atoms with Crippen LogP contribution in [0.25, 0.3) is 10.2 Å². The summed E-state index contributed by atoms with van der Waals surface area (Å²) in [4.78, 5) is 15.0. The lowest BCUT2D eigenvalue weighted by atomic mass is 10.2. The van der Waals surface area contributed by atoms with E-state index in [1.54, 1.807) is 12.1 Å². The Hall–Kier alpha value is -0.880. The minimum atomic E-state index is -0.954. The van der Waals surface area contributed by atoms with Crippen LogP contribution in [-0.2, 0) is 6.54 Å². The molecule has 0 fully saturated rings. The van der Waals surface area contributed by atoms with Gasteiger partial charge in [-0.2, -0.15) is 0 Å². The quantitative estimate of drug-likeness (QED) is 0.885. The Bertz CT molecular complexity index is 501. The number of halogens is 2. The number of fused-ring (bicyclic) bond motifs is 1. The Morgan fingerprint density at radius 1 is 1.44 bits per heavy atom. The number of rotatable bonds is 2. The zero-order chi connectivity index (χ0) is 10.1. The van der Waals surface area contributed by atoms with Gasteiger partial charge in [-0.3, -0.25) is 0 Å². The Balaban J connectivity index is 0.00000112. The van der Waals surface area contributed by atoms with Gasteiger partial charge in [-0.05, 0) is 12.1 Å². The molecule has 88 valence electrons. The highest BCUT2D eigenvalue weighted by Gasteiger charge is 2.11. The van der Waals surface area contributed by atoms with Crippen molar-refractivity contribution in [2.24, 2.45) is 5.73 Å². The second kappa shape index (κ2) is 6.00. The monoisotopic (exact) mass is 280 g/mol. The fourth-order valence-corrected chi connectivity index (χ4v) is 2.13. The highest BCUT2D eigenvalue weighted by Crippen LogP contribution is 2.24. The van der Waals surface area contributed by atoms with Crippen molar-refractivity contribution in [3.8, 4) is 0 Å². The second-order valence-electron chi connectivity index (χ2n) is 2.77. The van der Waals surface area contributed by atoms with Crippen LogP contribution in [0.15, 0.2) is 18.2 Å². The first-order chi connectivity index (χ1) is 6.72. The number of aromatic nitrogens is 1. The van der Waals surface area contributed by atoms with E-state index in [-0.39, 0.29) is 30.4 Å². The molecule has 1 aromatic heterocycles. The van der Waals surface area contributed by atoms with E-state index >= 15 is 0 Å². The molecule has 0 radical (unpaired) electrons. The first-order valence-electron chi connectivity index (χ1n) is 4.04. The van der Waals surface area contributed by atoms with Crippen LogP contribution >= 0.6 is 36.2 Å². The lowest BCUT2D eigenvalue weighted by molar-refractivity contribution is 0.0699. The minimum Gasteiger partial charge on any atom is -0.478 e. The average molecular weight is 281 g/mol. The van der Waals surface area contributed by atoms with Crippen molar-refractivity contribution in [3.05, 3.63) is 28.8 Å². The zero-order valence-corrected chi connectivity index (χ0v) is 10.5. The molecule has 0 saturated heterocycles. The highest BCUT2D eigenvalue weighted by molar-refractivity contribution is 7.18. The van der Waals surface area contributed by atoms with Gasteiger partial charge in [0.25, 0.3) is 0 Å². The van der Waals surface area contributed by atoms with Gasteiger partial charge in [0.1, 0.15) is 5.01 Å². The number of benzene rings is 1. The molecule has 7 heteroatoms.